The maximum atomic E-state index is 10.7. The number of hydrogen-bond acceptors (Lipinski definition) is 5. The monoisotopic (exact) mass is 249 g/mol. The lowest BCUT2D eigenvalue weighted by Crippen LogP contribution is -1.91. The number of rotatable bonds is 4. The first-order chi connectivity index (χ1) is 8.63. The van der Waals surface area contributed by atoms with Crippen molar-refractivity contribution >= 4 is 5.97 Å². The first-order valence-electron chi connectivity index (χ1n) is 5.06. The highest BCUT2D eigenvalue weighted by Gasteiger charge is 2.13. The zero-order valence-corrected chi connectivity index (χ0v) is 9.84. The fourth-order valence-corrected chi connectivity index (χ4v) is 1.44. The van der Waals surface area contributed by atoms with Gasteiger partial charge in [-0.2, -0.15) is 0 Å². The van der Waals surface area contributed by atoms with Crippen LogP contribution >= 0.6 is 0 Å². The van der Waals surface area contributed by atoms with Crippen molar-refractivity contribution in [2.24, 2.45) is 0 Å². The van der Waals surface area contributed by atoms with Gasteiger partial charge in [0.25, 0.3) is 0 Å². The average molecular weight is 249 g/mol. The van der Waals surface area contributed by atoms with E-state index in [-0.39, 0.29) is 11.7 Å². The van der Waals surface area contributed by atoms with E-state index in [1.807, 2.05) is 0 Å². The predicted molar refractivity (Wildman–Crippen MR) is 62.0 cm³/mol. The molecule has 0 bridgehead atoms. The first-order valence-corrected chi connectivity index (χ1v) is 5.06. The van der Waals surface area contributed by atoms with Gasteiger partial charge in [-0.1, -0.05) is 0 Å². The van der Waals surface area contributed by atoms with Gasteiger partial charge in [0.1, 0.15) is 11.5 Å². The molecule has 1 aromatic heterocycles. The highest BCUT2D eigenvalue weighted by Crippen LogP contribution is 2.29. The van der Waals surface area contributed by atoms with Crippen LogP contribution in [-0.2, 0) is 0 Å². The Morgan fingerprint density at radius 1 is 1.22 bits per heavy atom. The molecule has 0 spiro atoms. The van der Waals surface area contributed by atoms with E-state index >= 15 is 0 Å². The van der Waals surface area contributed by atoms with Crippen LogP contribution in [0.3, 0.4) is 0 Å². The Kier molecular flexibility index (Phi) is 3.18. The summed E-state index contributed by atoms with van der Waals surface area (Å²) in [7, 11) is 3.05. The Labute approximate surface area is 103 Å². The molecule has 0 saturated carbocycles. The van der Waals surface area contributed by atoms with Crippen LogP contribution in [0, 0.1) is 0 Å². The minimum atomic E-state index is -1.16. The number of aromatic carboxylic acids is 1. The molecule has 0 aliphatic heterocycles. The van der Waals surface area contributed by atoms with E-state index in [2.05, 4.69) is 4.98 Å². The topological polar surface area (TPSA) is 81.8 Å². The van der Waals surface area contributed by atoms with E-state index in [9.17, 15) is 4.79 Å². The quantitative estimate of drug-likeness (QED) is 0.893. The summed E-state index contributed by atoms with van der Waals surface area (Å²) in [6.45, 7) is 0. The van der Waals surface area contributed by atoms with Gasteiger partial charge in [0.05, 0.1) is 20.4 Å². The highest BCUT2D eigenvalue weighted by atomic mass is 16.5. The summed E-state index contributed by atoms with van der Waals surface area (Å²) in [5, 5.41) is 8.76. The zero-order chi connectivity index (χ0) is 13.1. The molecule has 0 radical (unpaired) electrons. The van der Waals surface area contributed by atoms with Crippen molar-refractivity contribution in [2.45, 2.75) is 0 Å². The SMILES string of the molecule is COc1cc(OC)cc(-c2ncc(C(=O)O)o2)c1. The Balaban J connectivity index is 2.45. The molecule has 0 unspecified atom stereocenters. The largest absolute Gasteiger partial charge is 0.497 e. The number of hydrogen-bond donors (Lipinski definition) is 1. The summed E-state index contributed by atoms with van der Waals surface area (Å²) < 4.78 is 15.3. The van der Waals surface area contributed by atoms with Crippen LogP contribution in [0.15, 0.2) is 28.8 Å². The van der Waals surface area contributed by atoms with E-state index in [1.165, 1.54) is 14.2 Å². The number of nitrogens with zero attached hydrogens (tertiary/aromatic N) is 1. The smallest absolute Gasteiger partial charge is 0.373 e. The molecule has 6 heteroatoms. The molecular formula is C12H11NO5. The lowest BCUT2D eigenvalue weighted by Gasteiger charge is -2.05. The number of oxazole rings is 1. The highest BCUT2D eigenvalue weighted by molar-refractivity contribution is 5.84. The summed E-state index contributed by atoms with van der Waals surface area (Å²) in [6.07, 6.45) is 1.16. The molecule has 1 heterocycles. The third-order valence-electron chi connectivity index (χ3n) is 2.31. The van der Waals surface area contributed by atoms with Crippen molar-refractivity contribution < 1.29 is 23.8 Å². The maximum absolute atomic E-state index is 10.7. The molecule has 2 aromatic rings. The van der Waals surface area contributed by atoms with Crippen LogP contribution in [0.5, 0.6) is 11.5 Å². The Morgan fingerprint density at radius 2 is 1.83 bits per heavy atom. The molecule has 0 saturated heterocycles. The second-order valence-corrected chi connectivity index (χ2v) is 3.44. The summed E-state index contributed by atoms with van der Waals surface area (Å²) in [5.41, 5.74) is 0.582. The Bertz CT molecular complexity index is 553. The summed E-state index contributed by atoms with van der Waals surface area (Å²) in [6, 6.07) is 5.06. The van der Waals surface area contributed by atoms with Gasteiger partial charge < -0.3 is 19.0 Å². The molecule has 94 valence electrons. The predicted octanol–water partition coefficient (Wildman–Crippen LogP) is 2.06. The lowest BCUT2D eigenvalue weighted by atomic mass is 10.2. The van der Waals surface area contributed by atoms with Crippen LogP contribution in [0.25, 0.3) is 11.5 Å². The average Bonchev–Trinajstić information content (AvgIpc) is 2.87. The molecule has 0 aliphatic rings. The lowest BCUT2D eigenvalue weighted by molar-refractivity contribution is 0.0663. The molecule has 0 atom stereocenters. The molecule has 6 nitrogen and oxygen atoms in total. The van der Waals surface area contributed by atoms with Crippen molar-refractivity contribution in [3.8, 4) is 23.0 Å². The van der Waals surface area contributed by atoms with E-state index < -0.39 is 5.97 Å². The number of carbonyl (C=O) groups is 1. The number of ether oxygens (including phenoxy) is 2. The first kappa shape index (κ1) is 12.0. The fourth-order valence-electron chi connectivity index (χ4n) is 1.44. The number of methoxy groups -OCH3 is 2. The van der Waals surface area contributed by atoms with Gasteiger partial charge in [-0.15, -0.1) is 0 Å². The van der Waals surface area contributed by atoms with Gasteiger partial charge >= 0.3 is 5.97 Å². The van der Waals surface area contributed by atoms with Crippen molar-refractivity contribution in [2.75, 3.05) is 14.2 Å². The molecule has 1 aromatic carbocycles. The molecule has 0 fully saturated rings. The van der Waals surface area contributed by atoms with E-state index in [0.29, 0.717) is 17.1 Å². The molecule has 0 amide bonds. The maximum Gasteiger partial charge on any atom is 0.373 e. The second-order valence-electron chi connectivity index (χ2n) is 3.44. The third kappa shape index (κ3) is 2.27. The van der Waals surface area contributed by atoms with Gasteiger partial charge in [-0.3, -0.25) is 0 Å². The summed E-state index contributed by atoms with van der Waals surface area (Å²) in [4.78, 5) is 14.6. The van der Waals surface area contributed by atoms with E-state index in [1.54, 1.807) is 18.2 Å². The van der Waals surface area contributed by atoms with E-state index in [4.69, 9.17) is 19.0 Å². The molecular weight excluding hydrogens is 238 g/mol. The van der Waals surface area contributed by atoms with Crippen molar-refractivity contribution in [3.05, 3.63) is 30.2 Å². The number of aromatic nitrogens is 1. The Morgan fingerprint density at radius 3 is 2.28 bits per heavy atom. The number of carboxylic acids is 1. The number of benzene rings is 1. The van der Waals surface area contributed by atoms with Crippen LogP contribution in [0.2, 0.25) is 0 Å². The van der Waals surface area contributed by atoms with Crippen molar-refractivity contribution in [1.29, 1.82) is 0 Å². The van der Waals surface area contributed by atoms with Crippen molar-refractivity contribution in [1.82, 2.24) is 4.98 Å². The molecule has 1 N–H and O–H groups in total. The van der Waals surface area contributed by atoms with Gasteiger partial charge in [0, 0.05) is 11.6 Å². The minimum absolute atomic E-state index is 0.199. The van der Waals surface area contributed by atoms with Gasteiger partial charge in [0.2, 0.25) is 11.7 Å². The minimum Gasteiger partial charge on any atom is -0.497 e. The van der Waals surface area contributed by atoms with Crippen LogP contribution in [0.1, 0.15) is 10.6 Å². The van der Waals surface area contributed by atoms with Gasteiger partial charge in [0.15, 0.2) is 0 Å². The van der Waals surface area contributed by atoms with E-state index in [0.717, 1.165) is 6.20 Å². The second kappa shape index (κ2) is 4.79. The van der Waals surface area contributed by atoms with Gasteiger partial charge in [-0.05, 0) is 12.1 Å². The van der Waals surface area contributed by atoms with Crippen LogP contribution < -0.4 is 9.47 Å². The molecule has 18 heavy (non-hydrogen) atoms. The van der Waals surface area contributed by atoms with Gasteiger partial charge in [-0.25, -0.2) is 9.78 Å². The standard InChI is InChI=1S/C12H11NO5/c1-16-8-3-7(4-9(5-8)17-2)11-13-6-10(18-11)12(14)15/h3-6H,1-2H3,(H,14,15). The molecule has 0 aliphatic carbocycles. The van der Waals surface area contributed by atoms with Crippen molar-refractivity contribution in [3.63, 3.8) is 0 Å². The third-order valence-corrected chi connectivity index (χ3v) is 2.31. The fraction of sp³-hybridized carbons (Fsp3) is 0.167. The summed E-state index contributed by atoms with van der Waals surface area (Å²) >= 11 is 0. The Hall–Kier alpha value is -2.50. The number of carboxylic acid groups (broad SMARTS) is 1. The van der Waals surface area contributed by atoms with Crippen LogP contribution in [-0.4, -0.2) is 30.3 Å². The van der Waals surface area contributed by atoms with Crippen LogP contribution in [0.4, 0.5) is 0 Å². The summed E-state index contributed by atoms with van der Waals surface area (Å²) in [5.74, 6) is -0.0427. The zero-order valence-electron chi connectivity index (χ0n) is 9.84. The normalized spacial score (nSPS) is 10.1. The molecule has 2 rings (SSSR count).